The third kappa shape index (κ3) is 12.2. The number of hydrogen-bond acceptors (Lipinski definition) is 3. The number of hydrazine groups is 1. The van der Waals surface area contributed by atoms with Crippen molar-refractivity contribution in [2.45, 2.75) is 13.8 Å². The Morgan fingerprint density at radius 3 is 2.00 bits per heavy atom. The molecule has 0 aliphatic carbocycles. The Kier molecular flexibility index (Phi) is 10.2. The molecule has 0 radical (unpaired) electrons. The van der Waals surface area contributed by atoms with E-state index >= 15 is 0 Å². The summed E-state index contributed by atoms with van der Waals surface area (Å²) in [6, 6.07) is 0. The van der Waals surface area contributed by atoms with Crippen LogP contribution in [-0.2, 0) is 9.59 Å². The maximum absolute atomic E-state index is 10.6. The third-order valence-electron chi connectivity index (χ3n) is 0.773. The van der Waals surface area contributed by atoms with E-state index in [0.717, 1.165) is 0 Å². The van der Waals surface area contributed by atoms with Crippen molar-refractivity contribution < 1.29 is 9.59 Å². The predicted octanol–water partition coefficient (Wildman–Crippen LogP) is -1.01. The molecule has 0 bridgehead atoms. The van der Waals surface area contributed by atoms with E-state index in [-0.39, 0.29) is 18.2 Å². The van der Waals surface area contributed by atoms with Crippen LogP contribution in [0.25, 0.3) is 0 Å². The zero-order valence-corrected chi connectivity index (χ0v) is 7.05. The van der Waals surface area contributed by atoms with Gasteiger partial charge in [-0.15, -0.1) is 0 Å². The molecule has 0 fully saturated rings. The highest BCUT2D eigenvalue weighted by Gasteiger charge is 2.02. The van der Waals surface area contributed by atoms with E-state index in [4.69, 9.17) is 4.79 Å². The molecule has 0 heterocycles. The summed E-state index contributed by atoms with van der Waals surface area (Å²) in [6.07, 6.45) is 0.250. The lowest BCUT2D eigenvalue weighted by molar-refractivity contribution is -0.124. The second kappa shape index (κ2) is 8.90. The quantitative estimate of drug-likeness (QED) is 0.358. The number of nitrogens with one attached hydrogen (secondary N) is 2. The van der Waals surface area contributed by atoms with Crippen molar-refractivity contribution in [2.75, 3.05) is 7.05 Å². The molecule has 0 aromatic carbocycles. The summed E-state index contributed by atoms with van der Waals surface area (Å²) in [6.45, 7) is 3.68. The maximum Gasteiger partial charge on any atom is 0.236 e. The van der Waals surface area contributed by atoms with Crippen LogP contribution in [0.5, 0.6) is 0 Å². The fourth-order valence-electron chi connectivity index (χ4n) is 0.268. The highest BCUT2D eigenvalue weighted by Crippen LogP contribution is 1.87. The van der Waals surface area contributed by atoms with Crippen LogP contribution in [0.3, 0.4) is 0 Å². The molecule has 0 aliphatic rings. The Bertz CT molecular complexity index is 114. The van der Waals surface area contributed by atoms with Gasteiger partial charge in [-0.05, 0) is 0 Å². The Morgan fingerprint density at radius 1 is 1.55 bits per heavy atom. The number of amides is 2. The minimum Gasteiger partial charge on any atom is -0.372 e. The lowest BCUT2D eigenvalue weighted by Crippen LogP contribution is -2.36. The van der Waals surface area contributed by atoms with Gasteiger partial charge in [0.25, 0.3) is 0 Å². The predicted molar refractivity (Wildman–Crippen MR) is 42.3 cm³/mol. The average molecular weight is 161 g/mol. The minimum absolute atomic E-state index is 0.0208. The molecule has 0 atom stereocenters. The molecular formula is C6H15N3O2. The van der Waals surface area contributed by atoms with Gasteiger partial charge in [0.15, 0.2) is 0 Å². The van der Waals surface area contributed by atoms with Crippen LogP contribution in [0.1, 0.15) is 13.8 Å². The van der Waals surface area contributed by atoms with E-state index < -0.39 is 0 Å². The first-order chi connectivity index (χ1) is 5.09. The Hall–Kier alpha value is -1.10. The molecule has 5 nitrogen and oxygen atoms in total. The average Bonchev–Trinajstić information content (AvgIpc) is 1.90. The molecule has 0 rings (SSSR count). The fourth-order valence-corrected chi connectivity index (χ4v) is 0.268. The number of carbonyl (C=O) groups is 2. The Balaban J connectivity index is 0. The molecule has 0 aliphatic heterocycles. The van der Waals surface area contributed by atoms with Gasteiger partial charge in [-0.25, -0.2) is 5.43 Å². The topological polar surface area (TPSA) is 84.2 Å². The van der Waals surface area contributed by atoms with Crippen LogP contribution in [-0.4, -0.2) is 19.4 Å². The second-order valence-electron chi connectivity index (χ2n) is 2.03. The lowest BCUT2D eigenvalue weighted by atomic mass is 10.2. The highest BCUT2D eigenvalue weighted by molar-refractivity contribution is 5.77. The normalized spacial score (nSPS) is 8.00. The van der Waals surface area contributed by atoms with Gasteiger partial charge in [-0.1, -0.05) is 13.8 Å². The van der Waals surface area contributed by atoms with Crippen LogP contribution >= 0.6 is 0 Å². The summed E-state index contributed by atoms with van der Waals surface area (Å²) in [5.74, 6) is 0.0787. The SMILES string of the molecule is CNNC(=O)C(C)C.NC=O. The van der Waals surface area contributed by atoms with Crippen LogP contribution in [0, 0.1) is 5.92 Å². The van der Waals surface area contributed by atoms with Crippen molar-refractivity contribution in [1.82, 2.24) is 10.9 Å². The number of rotatable bonds is 2. The van der Waals surface area contributed by atoms with Crippen molar-refractivity contribution in [2.24, 2.45) is 11.7 Å². The van der Waals surface area contributed by atoms with Gasteiger partial charge in [-0.3, -0.25) is 15.0 Å². The summed E-state index contributed by atoms with van der Waals surface area (Å²) in [5, 5.41) is 0. The largest absolute Gasteiger partial charge is 0.372 e. The molecule has 0 saturated carbocycles. The second-order valence-corrected chi connectivity index (χ2v) is 2.03. The van der Waals surface area contributed by atoms with Crippen molar-refractivity contribution in [3.8, 4) is 0 Å². The van der Waals surface area contributed by atoms with Crippen LogP contribution in [0.15, 0.2) is 0 Å². The maximum atomic E-state index is 10.6. The standard InChI is InChI=1S/C5H12N2O.CH3NO/c1-4(2)5(8)7-6-3;2-1-3/h4,6H,1-3H3,(H,7,8);1H,(H2,2,3). The molecule has 4 N–H and O–H groups in total. The molecule has 11 heavy (non-hydrogen) atoms. The first kappa shape index (κ1) is 12.6. The van der Waals surface area contributed by atoms with E-state index in [2.05, 4.69) is 16.6 Å². The zero-order chi connectivity index (χ0) is 9.28. The van der Waals surface area contributed by atoms with E-state index in [0.29, 0.717) is 0 Å². The molecule has 66 valence electrons. The van der Waals surface area contributed by atoms with Gasteiger partial charge in [0, 0.05) is 13.0 Å². The summed E-state index contributed by atoms with van der Waals surface area (Å²) in [4.78, 5) is 19.2. The van der Waals surface area contributed by atoms with Gasteiger partial charge in [0.05, 0.1) is 0 Å². The molecule has 0 aromatic rings. The Morgan fingerprint density at radius 2 is 1.91 bits per heavy atom. The van der Waals surface area contributed by atoms with Crippen molar-refractivity contribution >= 4 is 12.3 Å². The van der Waals surface area contributed by atoms with E-state index in [1.807, 2.05) is 13.8 Å². The monoisotopic (exact) mass is 161 g/mol. The van der Waals surface area contributed by atoms with Crippen LogP contribution in [0.4, 0.5) is 0 Å². The molecule has 0 saturated heterocycles. The molecule has 2 amide bonds. The van der Waals surface area contributed by atoms with Crippen LogP contribution < -0.4 is 16.6 Å². The first-order valence-electron chi connectivity index (χ1n) is 3.22. The molecule has 5 heteroatoms. The molecule has 0 aromatic heterocycles. The third-order valence-corrected chi connectivity index (χ3v) is 0.773. The minimum atomic E-state index is 0.0208. The van der Waals surface area contributed by atoms with Gasteiger partial charge < -0.3 is 5.73 Å². The van der Waals surface area contributed by atoms with E-state index in [1.165, 1.54) is 0 Å². The van der Waals surface area contributed by atoms with E-state index in [9.17, 15) is 4.79 Å². The van der Waals surface area contributed by atoms with Crippen LogP contribution in [0.2, 0.25) is 0 Å². The van der Waals surface area contributed by atoms with Crippen molar-refractivity contribution in [3.63, 3.8) is 0 Å². The summed E-state index contributed by atoms with van der Waals surface area (Å²) < 4.78 is 0. The number of carbonyl (C=O) groups excluding carboxylic acids is 2. The fraction of sp³-hybridized carbons (Fsp3) is 0.667. The first-order valence-corrected chi connectivity index (χ1v) is 3.22. The van der Waals surface area contributed by atoms with Gasteiger partial charge in [0.2, 0.25) is 12.3 Å². The zero-order valence-electron chi connectivity index (χ0n) is 7.05. The van der Waals surface area contributed by atoms with Crippen molar-refractivity contribution in [3.05, 3.63) is 0 Å². The number of primary amides is 1. The van der Waals surface area contributed by atoms with Crippen molar-refractivity contribution in [1.29, 1.82) is 0 Å². The number of hydrogen-bond donors (Lipinski definition) is 3. The highest BCUT2D eigenvalue weighted by atomic mass is 16.2. The van der Waals surface area contributed by atoms with Gasteiger partial charge in [-0.2, -0.15) is 0 Å². The van der Waals surface area contributed by atoms with Gasteiger partial charge in [0.1, 0.15) is 0 Å². The molecule has 0 spiro atoms. The summed E-state index contributed by atoms with van der Waals surface area (Å²) in [5.41, 5.74) is 9.17. The number of nitrogens with two attached hydrogens (primary N) is 1. The molecule has 0 unspecified atom stereocenters. The Labute approximate surface area is 66.3 Å². The summed E-state index contributed by atoms with van der Waals surface area (Å²) in [7, 11) is 1.67. The van der Waals surface area contributed by atoms with E-state index in [1.54, 1.807) is 7.05 Å². The lowest BCUT2D eigenvalue weighted by Gasteiger charge is -2.03. The summed E-state index contributed by atoms with van der Waals surface area (Å²) >= 11 is 0. The van der Waals surface area contributed by atoms with Gasteiger partial charge >= 0.3 is 0 Å². The molecular weight excluding hydrogens is 146 g/mol. The smallest absolute Gasteiger partial charge is 0.236 e.